The highest BCUT2D eigenvalue weighted by Gasteiger charge is 2.25. The fourth-order valence-electron chi connectivity index (χ4n) is 4.56. The van der Waals surface area contributed by atoms with Crippen molar-refractivity contribution in [2.24, 2.45) is 0 Å². The summed E-state index contributed by atoms with van der Waals surface area (Å²) in [6.45, 7) is 4.26. The number of aromatic nitrogens is 2. The molecule has 2 N–H and O–H groups in total. The fraction of sp³-hybridized carbons (Fsp3) is 0.320. The van der Waals surface area contributed by atoms with E-state index in [1.54, 1.807) is 11.1 Å². The summed E-state index contributed by atoms with van der Waals surface area (Å²) in [6.07, 6.45) is 8.42. The zero-order valence-corrected chi connectivity index (χ0v) is 18.2. The maximum absolute atomic E-state index is 12.8. The largest absolute Gasteiger partial charge is 0.346 e. The average Bonchev–Trinajstić information content (AvgIpc) is 3.45. The van der Waals surface area contributed by atoms with Gasteiger partial charge in [-0.2, -0.15) is 0 Å². The number of H-pyrrole nitrogens is 1. The molecule has 2 aromatic heterocycles. The Balaban J connectivity index is 1.21. The summed E-state index contributed by atoms with van der Waals surface area (Å²) in [4.78, 5) is 36.3. The number of benzene rings is 1. The first-order valence-corrected chi connectivity index (χ1v) is 11.2. The molecule has 1 saturated heterocycles. The van der Waals surface area contributed by atoms with Crippen molar-refractivity contribution in [3.05, 3.63) is 60.4 Å². The van der Waals surface area contributed by atoms with Crippen molar-refractivity contribution >= 4 is 39.8 Å². The van der Waals surface area contributed by atoms with Gasteiger partial charge in [-0.1, -0.05) is 6.08 Å². The first kappa shape index (κ1) is 20.5. The number of pyridine rings is 1. The summed E-state index contributed by atoms with van der Waals surface area (Å²) in [7, 11) is 0. The van der Waals surface area contributed by atoms with Gasteiger partial charge < -0.3 is 15.2 Å². The molecule has 7 heteroatoms. The zero-order chi connectivity index (χ0) is 22.1. The molecule has 7 nitrogen and oxygen atoms in total. The van der Waals surface area contributed by atoms with Crippen molar-refractivity contribution in [2.75, 3.05) is 29.9 Å². The van der Waals surface area contributed by atoms with Crippen LogP contribution in [0.5, 0.6) is 0 Å². The maximum Gasteiger partial charge on any atom is 0.241 e. The molecule has 0 aliphatic carbocycles. The van der Waals surface area contributed by atoms with Gasteiger partial charge in [0.15, 0.2) is 0 Å². The van der Waals surface area contributed by atoms with Gasteiger partial charge in [-0.05, 0) is 61.7 Å². The van der Waals surface area contributed by atoms with E-state index in [4.69, 9.17) is 0 Å². The fourth-order valence-corrected chi connectivity index (χ4v) is 4.56. The third-order valence-electron chi connectivity index (χ3n) is 6.48. The molecule has 1 atom stereocenters. The van der Waals surface area contributed by atoms with Gasteiger partial charge in [-0.25, -0.2) is 4.98 Å². The number of fused-ring (bicyclic) bond motifs is 1. The molecule has 0 saturated carbocycles. The summed E-state index contributed by atoms with van der Waals surface area (Å²) in [6, 6.07) is 11.3. The predicted octanol–water partition coefficient (Wildman–Crippen LogP) is 3.81. The lowest BCUT2D eigenvalue weighted by Crippen LogP contribution is -2.44. The second-order valence-electron chi connectivity index (χ2n) is 8.44. The van der Waals surface area contributed by atoms with E-state index in [2.05, 4.69) is 32.3 Å². The molecule has 1 unspecified atom stereocenters. The van der Waals surface area contributed by atoms with Gasteiger partial charge in [-0.15, -0.1) is 0 Å². The Labute approximate surface area is 187 Å². The molecule has 2 amide bonds. The highest BCUT2D eigenvalue weighted by molar-refractivity contribution is 5.97. The summed E-state index contributed by atoms with van der Waals surface area (Å²) in [5.41, 5.74) is 5.02. The lowest BCUT2D eigenvalue weighted by molar-refractivity contribution is -0.120. The first-order chi connectivity index (χ1) is 15.6. The third-order valence-corrected chi connectivity index (χ3v) is 6.48. The molecule has 1 aromatic carbocycles. The summed E-state index contributed by atoms with van der Waals surface area (Å²) in [5.74, 6) is 0.139. The highest BCUT2D eigenvalue weighted by Crippen LogP contribution is 2.29. The van der Waals surface area contributed by atoms with Crippen LogP contribution in [-0.4, -0.2) is 52.4 Å². The lowest BCUT2D eigenvalue weighted by Gasteiger charge is -2.31. The molecule has 32 heavy (non-hydrogen) atoms. The van der Waals surface area contributed by atoms with Crippen molar-refractivity contribution in [1.82, 2.24) is 14.9 Å². The monoisotopic (exact) mass is 429 g/mol. The van der Waals surface area contributed by atoms with Crippen molar-refractivity contribution in [3.8, 4) is 0 Å². The van der Waals surface area contributed by atoms with Gasteiger partial charge in [0, 0.05) is 60.8 Å². The number of amides is 2. The Hall–Kier alpha value is -3.45. The van der Waals surface area contributed by atoms with Crippen molar-refractivity contribution < 1.29 is 9.59 Å². The number of hydrogen-bond acceptors (Lipinski definition) is 4. The van der Waals surface area contributed by atoms with Gasteiger partial charge >= 0.3 is 0 Å². The van der Waals surface area contributed by atoms with Gasteiger partial charge in [0.2, 0.25) is 11.8 Å². The minimum absolute atomic E-state index is 0.0249. The molecule has 0 spiro atoms. The Bertz CT molecular complexity index is 1180. The smallest absolute Gasteiger partial charge is 0.241 e. The minimum atomic E-state index is -0.239. The van der Waals surface area contributed by atoms with Crippen LogP contribution in [0.1, 0.15) is 31.7 Å². The highest BCUT2D eigenvalue weighted by atomic mass is 16.2. The molecule has 3 aromatic rings. The number of rotatable bonds is 5. The Morgan fingerprint density at radius 1 is 1.16 bits per heavy atom. The Morgan fingerprint density at radius 3 is 2.72 bits per heavy atom. The molecule has 2 aliphatic rings. The number of hydrogen-bond donors (Lipinski definition) is 2. The number of nitrogens with one attached hydrogen (secondary N) is 2. The predicted molar refractivity (Wildman–Crippen MR) is 126 cm³/mol. The van der Waals surface area contributed by atoms with Gasteiger partial charge in [0.25, 0.3) is 0 Å². The van der Waals surface area contributed by atoms with Crippen LogP contribution >= 0.6 is 0 Å². The van der Waals surface area contributed by atoms with Crippen molar-refractivity contribution in [2.45, 2.75) is 32.2 Å². The maximum atomic E-state index is 12.8. The minimum Gasteiger partial charge on any atom is -0.346 e. The van der Waals surface area contributed by atoms with Crippen LogP contribution < -0.4 is 10.2 Å². The molecular formula is C25H27N5O2. The SMILES string of the molecule is CC(C(=O)Nc1ccc(N2CCCC2=O)cc1)N1CC=C(c2c[nH]c3ncccc23)CC1. The molecule has 164 valence electrons. The van der Waals surface area contributed by atoms with E-state index in [0.717, 1.165) is 54.9 Å². The second-order valence-corrected chi connectivity index (χ2v) is 8.44. The van der Waals surface area contributed by atoms with Crippen LogP contribution in [-0.2, 0) is 9.59 Å². The average molecular weight is 430 g/mol. The summed E-state index contributed by atoms with van der Waals surface area (Å²) in [5, 5.41) is 4.15. The van der Waals surface area contributed by atoms with Gasteiger partial charge in [-0.3, -0.25) is 14.5 Å². The van der Waals surface area contributed by atoms with Crippen molar-refractivity contribution in [3.63, 3.8) is 0 Å². The summed E-state index contributed by atoms with van der Waals surface area (Å²) < 4.78 is 0. The van der Waals surface area contributed by atoms with Crippen LogP contribution in [0.4, 0.5) is 11.4 Å². The van der Waals surface area contributed by atoms with Crippen LogP contribution in [0.15, 0.2) is 54.9 Å². The number of carbonyl (C=O) groups is 2. The van der Waals surface area contributed by atoms with Crippen LogP contribution in [0, 0.1) is 0 Å². The molecule has 5 rings (SSSR count). The van der Waals surface area contributed by atoms with E-state index in [-0.39, 0.29) is 17.9 Å². The van der Waals surface area contributed by atoms with E-state index >= 15 is 0 Å². The quantitative estimate of drug-likeness (QED) is 0.646. The molecule has 0 bridgehead atoms. The number of anilines is 2. The standard InChI is InChI=1S/C25H27N5O2/c1-17(25(32)28-19-6-8-20(9-7-19)30-13-3-5-23(30)31)29-14-10-18(11-15-29)22-16-27-24-21(22)4-2-12-26-24/h2,4,6-10,12,16-17H,3,5,11,13-15H2,1H3,(H,26,27)(H,28,32). The molecule has 4 heterocycles. The number of nitrogens with zero attached hydrogens (tertiary/aromatic N) is 3. The van der Waals surface area contributed by atoms with E-state index in [1.807, 2.05) is 43.5 Å². The normalized spacial score (nSPS) is 18.1. The first-order valence-electron chi connectivity index (χ1n) is 11.2. The van der Waals surface area contributed by atoms with Gasteiger partial charge in [0.1, 0.15) is 5.65 Å². The topological polar surface area (TPSA) is 81.3 Å². The second kappa shape index (κ2) is 8.59. The van der Waals surface area contributed by atoms with E-state index in [9.17, 15) is 9.59 Å². The Morgan fingerprint density at radius 2 is 2.00 bits per heavy atom. The third kappa shape index (κ3) is 3.91. The zero-order valence-electron chi connectivity index (χ0n) is 18.2. The van der Waals surface area contributed by atoms with Crippen LogP contribution in [0.3, 0.4) is 0 Å². The Kier molecular flexibility index (Phi) is 5.49. The van der Waals surface area contributed by atoms with E-state index < -0.39 is 0 Å². The number of aromatic amines is 1. The van der Waals surface area contributed by atoms with E-state index in [0.29, 0.717) is 6.42 Å². The molecular weight excluding hydrogens is 402 g/mol. The van der Waals surface area contributed by atoms with Crippen LogP contribution in [0.25, 0.3) is 16.6 Å². The van der Waals surface area contributed by atoms with E-state index in [1.165, 1.54) is 11.1 Å². The van der Waals surface area contributed by atoms with Crippen LogP contribution in [0.2, 0.25) is 0 Å². The van der Waals surface area contributed by atoms with Gasteiger partial charge in [0.05, 0.1) is 6.04 Å². The molecule has 1 fully saturated rings. The molecule has 0 radical (unpaired) electrons. The number of carbonyl (C=O) groups excluding carboxylic acids is 2. The molecule has 2 aliphatic heterocycles. The lowest BCUT2D eigenvalue weighted by atomic mass is 9.99. The summed E-state index contributed by atoms with van der Waals surface area (Å²) >= 11 is 0. The van der Waals surface area contributed by atoms with Crippen molar-refractivity contribution in [1.29, 1.82) is 0 Å².